The fourth-order valence-corrected chi connectivity index (χ4v) is 4.31. The largest absolute Gasteiger partial charge is 0.467 e. The lowest BCUT2D eigenvalue weighted by Crippen LogP contribution is -2.28. The second-order valence-electron chi connectivity index (χ2n) is 7.04. The highest BCUT2D eigenvalue weighted by Crippen LogP contribution is 2.41. The van der Waals surface area contributed by atoms with Crippen LogP contribution in [0.5, 0.6) is 0 Å². The van der Waals surface area contributed by atoms with Crippen molar-refractivity contribution in [2.45, 2.75) is 18.6 Å². The summed E-state index contributed by atoms with van der Waals surface area (Å²) >= 11 is 9.16. The summed E-state index contributed by atoms with van der Waals surface area (Å²) < 4.78 is 12.9. The molecule has 1 aliphatic heterocycles. The highest BCUT2D eigenvalue weighted by Gasteiger charge is 2.42. The highest BCUT2D eigenvalue weighted by atomic mass is 79.9. The number of hydrogen-bond acceptors (Lipinski definition) is 4. The molecular weight excluding hydrogens is 462 g/mol. The van der Waals surface area contributed by atoms with Crippen LogP contribution < -0.4 is 5.32 Å². The first kappa shape index (κ1) is 19.1. The molecule has 2 atom stereocenters. The van der Waals surface area contributed by atoms with Crippen LogP contribution in [0.25, 0.3) is 11.3 Å². The molecule has 0 bridgehead atoms. The summed E-state index contributed by atoms with van der Waals surface area (Å²) in [5.74, 6) is 2.47. The highest BCUT2D eigenvalue weighted by molar-refractivity contribution is 9.10. The first-order chi connectivity index (χ1) is 14.7. The molecule has 1 N–H and O–H groups in total. The summed E-state index contributed by atoms with van der Waals surface area (Å²) in [4.78, 5) is 6.65. The van der Waals surface area contributed by atoms with Crippen LogP contribution in [0.4, 0.5) is 0 Å². The minimum absolute atomic E-state index is 0.127. The summed E-state index contributed by atoms with van der Waals surface area (Å²) in [6.07, 6.45) is 3.47. The van der Waals surface area contributed by atoms with Gasteiger partial charge < -0.3 is 19.1 Å². The summed E-state index contributed by atoms with van der Waals surface area (Å²) in [5, 5.41) is 4.07. The van der Waals surface area contributed by atoms with Crippen LogP contribution in [0.3, 0.4) is 0 Å². The average molecular weight is 480 g/mol. The molecule has 30 heavy (non-hydrogen) atoms. The topological polar surface area (TPSA) is 54.4 Å². The van der Waals surface area contributed by atoms with Gasteiger partial charge in [-0.3, -0.25) is 4.98 Å². The predicted molar refractivity (Wildman–Crippen MR) is 122 cm³/mol. The van der Waals surface area contributed by atoms with Crippen molar-refractivity contribution in [2.75, 3.05) is 0 Å². The monoisotopic (exact) mass is 479 g/mol. The fourth-order valence-electron chi connectivity index (χ4n) is 3.74. The van der Waals surface area contributed by atoms with E-state index < -0.39 is 0 Å². The third-order valence-corrected chi connectivity index (χ3v) is 6.03. The van der Waals surface area contributed by atoms with Gasteiger partial charge in [0.2, 0.25) is 0 Å². The SMILES string of the molecule is S=C1NC(c2ccccn2)C(c2ccc(-c3ccc(Br)cc3)o2)N1Cc1ccco1. The van der Waals surface area contributed by atoms with E-state index in [1.54, 1.807) is 12.5 Å². The lowest BCUT2D eigenvalue weighted by Gasteiger charge is -2.25. The standard InChI is InChI=1S/C23H18BrN3O2S/c24-16-8-6-15(7-9-16)19-10-11-20(29-19)22-21(18-5-1-2-12-25-18)26-23(30)27(22)14-17-4-3-13-28-17/h1-13,21-22H,14H2,(H,26,30). The van der Waals surface area contributed by atoms with E-state index >= 15 is 0 Å². The number of rotatable bonds is 5. The minimum Gasteiger partial charge on any atom is -0.467 e. The molecule has 0 spiro atoms. The van der Waals surface area contributed by atoms with Crippen LogP contribution in [0.2, 0.25) is 0 Å². The molecule has 4 aromatic rings. The van der Waals surface area contributed by atoms with E-state index in [9.17, 15) is 0 Å². The molecule has 5 nitrogen and oxygen atoms in total. The quantitative estimate of drug-likeness (QED) is 0.361. The maximum absolute atomic E-state index is 6.33. The van der Waals surface area contributed by atoms with Crippen LogP contribution in [0, 0.1) is 0 Å². The zero-order chi connectivity index (χ0) is 20.5. The molecule has 150 valence electrons. The van der Waals surface area contributed by atoms with Gasteiger partial charge in [0, 0.05) is 16.2 Å². The molecule has 0 radical (unpaired) electrons. The van der Waals surface area contributed by atoms with E-state index in [0.717, 1.165) is 33.0 Å². The summed E-state index contributed by atoms with van der Waals surface area (Å²) in [5.41, 5.74) is 1.93. The number of nitrogens with zero attached hydrogens (tertiary/aromatic N) is 2. The van der Waals surface area contributed by atoms with Gasteiger partial charge in [-0.05, 0) is 60.7 Å². The molecule has 3 aromatic heterocycles. The van der Waals surface area contributed by atoms with Crippen molar-refractivity contribution in [1.29, 1.82) is 0 Å². The first-order valence-corrected chi connectivity index (χ1v) is 10.8. The molecule has 4 heterocycles. The van der Waals surface area contributed by atoms with Crippen LogP contribution in [-0.2, 0) is 6.54 Å². The van der Waals surface area contributed by atoms with Crippen molar-refractivity contribution in [3.05, 3.63) is 101 Å². The van der Waals surface area contributed by atoms with Gasteiger partial charge in [-0.2, -0.15) is 0 Å². The number of pyridine rings is 1. The van der Waals surface area contributed by atoms with Crippen molar-refractivity contribution >= 4 is 33.3 Å². The van der Waals surface area contributed by atoms with Gasteiger partial charge in [0.15, 0.2) is 5.11 Å². The third kappa shape index (κ3) is 3.66. The minimum atomic E-state index is -0.151. The molecule has 0 amide bonds. The zero-order valence-electron chi connectivity index (χ0n) is 15.9. The Bertz CT molecular complexity index is 1140. The zero-order valence-corrected chi connectivity index (χ0v) is 18.3. The molecule has 5 rings (SSSR count). The van der Waals surface area contributed by atoms with E-state index in [0.29, 0.717) is 11.7 Å². The summed E-state index contributed by atoms with van der Waals surface area (Å²) in [6.45, 7) is 0.543. The second-order valence-corrected chi connectivity index (χ2v) is 8.35. The molecule has 1 saturated heterocycles. The van der Waals surface area contributed by atoms with E-state index in [4.69, 9.17) is 21.1 Å². The molecule has 0 saturated carbocycles. The summed E-state index contributed by atoms with van der Waals surface area (Å²) in [7, 11) is 0. The van der Waals surface area contributed by atoms with Crippen molar-refractivity contribution < 1.29 is 8.83 Å². The lowest BCUT2D eigenvalue weighted by molar-refractivity contribution is 0.253. The van der Waals surface area contributed by atoms with Gasteiger partial charge in [-0.25, -0.2) is 0 Å². The molecule has 0 aliphatic carbocycles. The Morgan fingerprint density at radius 3 is 2.63 bits per heavy atom. The Morgan fingerprint density at radius 1 is 1.03 bits per heavy atom. The average Bonchev–Trinajstić information content (AvgIpc) is 3.51. The fraction of sp³-hybridized carbons (Fsp3) is 0.130. The van der Waals surface area contributed by atoms with E-state index in [-0.39, 0.29) is 12.1 Å². The Hall–Kier alpha value is -2.90. The lowest BCUT2D eigenvalue weighted by atomic mass is 10.0. The molecule has 1 aromatic carbocycles. The van der Waals surface area contributed by atoms with Gasteiger partial charge in [0.25, 0.3) is 0 Å². The third-order valence-electron chi connectivity index (χ3n) is 5.15. The molecule has 1 aliphatic rings. The molecule has 2 unspecified atom stereocenters. The van der Waals surface area contributed by atoms with Gasteiger partial charge in [0.1, 0.15) is 23.3 Å². The van der Waals surface area contributed by atoms with Gasteiger partial charge >= 0.3 is 0 Å². The van der Waals surface area contributed by atoms with Gasteiger partial charge in [0.05, 0.1) is 24.5 Å². The van der Waals surface area contributed by atoms with Crippen LogP contribution in [0.15, 0.2) is 92.5 Å². The Morgan fingerprint density at radius 2 is 1.90 bits per heavy atom. The first-order valence-electron chi connectivity index (χ1n) is 9.55. The van der Waals surface area contributed by atoms with Crippen LogP contribution in [-0.4, -0.2) is 15.0 Å². The number of thiocarbonyl (C=S) groups is 1. The Labute approximate surface area is 187 Å². The second kappa shape index (κ2) is 8.08. The number of aromatic nitrogens is 1. The maximum Gasteiger partial charge on any atom is 0.170 e. The van der Waals surface area contributed by atoms with Crippen molar-refractivity contribution in [1.82, 2.24) is 15.2 Å². The Balaban J connectivity index is 1.53. The predicted octanol–water partition coefficient (Wildman–Crippen LogP) is 5.87. The smallest absolute Gasteiger partial charge is 0.170 e. The molecule has 7 heteroatoms. The normalized spacial score (nSPS) is 18.6. The number of nitrogens with one attached hydrogen (secondary N) is 1. The van der Waals surface area contributed by atoms with Crippen molar-refractivity contribution in [2.24, 2.45) is 0 Å². The van der Waals surface area contributed by atoms with Gasteiger partial charge in [-0.1, -0.05) is 34.1 Å². The van der Waals surface area contributed by atoms with E-state index in [1.165, 1.54) is 0 Å². The van der Waals surface area contributed by atoms with E-state index in [2.05, 4.69) is 31.1 Å². The van der Waals surface area contributed by atoms with Crippen LogP contribution >= 0.6 is 28.1 Å². The van der Waals surface area contributed by atoms with Crippen molar-refractivity contribution in [3.63, 3.8) is 0 Å². The number of benzene rings is 1. The number of furan rings is 2. The maximum atomic E-state index is 6.33. The molecule has 1 fully saturated rings. The number of hydrogen-bond donors (Lipinski definition) is 1. The van der Waals surface area contributed by atoms with Crippen LogP contribution in [0.1, 0.15) is 29.3 Å². The number of halogens is 1. The van der Waals surface area contributed by atoms with Gasteiger partial charge in [-0.15, -0.1) is 0 Å². The Kier molecular flexibility index (Phi) is 5.14. The van der Waals surface area contributed by atoms with Crippen molar-refractivity contribution in [3.8, 4) is 11.3 Å². The molecular formula is C23H18BrN3O2S. The van der Waals surface area contributed by atoms with E-state index in [1.807, 2.05) is 66.7 Å². The summed E-state index contributed by atoms with van der Waals surface area (Å²) in [6, 6.07) is 21.5.